The summed E-state index contributed by atoms with van der Waals surface area (Å²) in [5.74, 6) is -0.846. The van der Waals surface area contributed by atoms with Crippen molar-refractivity contribution in [2.45, 2.75) is 49.3 Å². The highest BCUT2D eigenvalue weighted by Crippen LogP contribution is 2.34. The molecule has 13 nitrogen and oxygen atoms in total. The highest BCUT2D eigenvalue weighted by molar-refractivity contribution is 6.28. The van der Waals surface area contributed by atoms with Gasteiger partial charge in [-0.15, -0.1) is 6.42 Å². The molecule has 2 heterocycles. The summed E-state index contributed by atoms with van der Waals surface area (Å²) in [6, 6.07) is 8.37. The van der Waals surface area contributed by atoms with E-state index >= 15 is 0 Å². The average Bonchev–Trinajstić information content (AvgIpc) is 3.71. The molecule has 2 aromatic heterocycles. The molecule has 3 atom stereocenters. The number of aromatic nitrogens is 4. The van der Waals surface area contributed by atoms with E-state index in [4.69, 9.17) is 27.5 Å². The third kappa shape index (κ3) is 6.01. The van der Waals surface area contributed by atoms with Crippen LogP contribution in [0.1, 0.15) is 24.6 Å². The van der Waals surface area contributed by atoms with Crippen molar-refractivity contribution >= 4 is 40.5 Å². The van der Waals surface area contributed by atoms with E-state index in [-0.39, 0.29) is 17.0 Å². The molecule has 1 saturated carbocycles. The smallest absolute Gasteiger partial charge is 0.348 e. The summed E-state index contributed by atoms with van der Waals surface area (Å²) in [6.45, 7) is -1.40. The van der Waals surface area contributed by atoms with E-state index in [9.17, 15) is 30.0 Å². The fourth-order valence-corrected chi connectivity index (χ4v) is 4.35. The number of halogens is 1. The van der Waals surface area contributed by atoms with Crippen molar-refractivity contribution in [3.05, 3.63) is 47.5 Å². The Morgan fingerprint density at radius 2 is 1.93 bits per heavy atom. The molecule has 4 N–H and O–H groups in total. The number of carboxylic acids is 2. The van der Waals surface area contributed by atoms with Crippen molar-refractivity contribution in [1.82, 2.24) is 19.5 Å². The molecule has 0 bridgehead atoms. The molecule has 3 aromatic rings. The van der Waals surface area contributed by atoms with Gasteiger partial charge in [0.1, 0.15) is 6.10 Å². The minimum absolute atomic E-state index is 0.0821. The summed E-state index contributed by atoms with van der Waals surface area (Å²) >= 11 is 6.19. The van der Waals surface area contributed by atoms with Crippen LogP contribution in [0.5, 0.6) is 0 Å². The summed E-state index contributed by atoms with van der Waals surface area (Å²) in [5, 5.41) is 40.2. The van der Waals surface area contributed by atoms with Crippen LogP contribution in [0.25, 0.3) is 11.2 Å². The molecule has 0 saturated heterocycles. The Bertz CT molecular complexity index is 1390. The largest absolute Gasteiger partial charge is 0.479 e. The topological polar surface area (TPSA) is 180 Å². The number of fused-ring (bicyclic) bond motifs is 1. The van der Waals surface area contributed by atoms with Gasteiger partial charge in [0.05, 0.1) is 19.5 Å². The van der Waals surface area contributed by atoms with Crippen LogP contribution in [0.2, 0.25) is 5.28 Å². The van der Waals surface area contributed by atoms with E-state index in [2.05, 4.69) is 20.9 Å². The zero-order chi connectivity index (χ0) is 29.0. The number of rotatable bonds is 14. The lowest BCUT2D eigenvalue weighted by Gasteiger charge is -2.30. The molecule has 0 aliphatic heterocycles. The van der Waals surface area contributed by atoms with E-state index in [0.29, 0.717) is 16.9 Å². The summed E-state index contributed by atoms with van der Waals surface area (Å²) in [5.41, 5.74) is -1.72. The molecule has 212 valence electrons. The van der Waals surface area contributed by atoms with Gasteiger partial charge in [0.25, 0.3) is 5.60 Å². The van der Waals surface area contributed by atoms with E-state index in [1.165, 1.54) is 10.9 Å². The first-order chi connectivity index (χ1) is 19.1. The Kier molecular flexibility index (Phi) is 8.87. The lowest BCUT2D eigenvalue weighted by Crippen LogP contribution is -2.52. The summed E-state index contributed by atoms with van der Waals surface area (Å²) < 4.78 is 12.6. The van der Waals surface area contributed by atoms with Crippen LogP contribution in [-0.4, -0.2) is 96.0 Å². The van der Waals surface area contributed by atoms with Gasteiger partial charge in [-0.2, -0.15) is 9.97 Å². The van der Waals surface area contributed by atoms with E-state index < -0.39 is 55.6 Å². The summed E-state index contributed by atoms with van der Waals surface area (Å²) in [7, 11) is 1.85. The number of carboxylic acid groups (broad SMARTS) is 2. The lowest BCUT2D eigenvalue weighted by atomic mass is 9.94. The number of benzene rings is 1. The second kappa shape index (κ2) is 12.2. The van der Waals surface area contributed by atoms with Crippen molar-refractivity contribution < 1.29 is 39.5 Å². The third-order valence-corrected chi connectivity index (χ3v) is 6.73. The second-order valence-corrected chi connectivity index (χ2v) is 9.67. The molecule has 1 aromatic carbocycles. The van der Waals surface area contributed by atoms with Crippen LogP contribution in [0, 0.1) is 12.3 Å². The van der Waals surface area contributed by atoms with Gasteiger partial charge in [-0.25, -0.2) is 14.6 Å². The van der Waals surface area contributed by atoms with Gasteiger partial charge in [-0.05, 0) is 30.0 Å². The number of aliphatic hydroxyl groups excluding tert-OH is 2. The predicted octanol–water partition coefficient (Wildman–Crippen LogP) is 1.12. The first-order valence-electron chi connectivity index (χ1n) is 12.3. The summed E-state index contributed by atoms with van der Waals surface area (Å²) in [4.78, 5) is 39.1. The fourth-order valence-electron chi connectivity index (χ4n) is 4.19. The van der Waals surface area contributed by atoms with Crippen molar-refractivity contribution in [3.63, 3.8) is 0 Å². The Balaban J connectivity index is 1.62. The van der Waals surface area contributed by atoms with Crippen molar-refractivity contribution in [2.24, 2.45) is 0 Å². The molecular weight excluding hydrogens is 546 g/mol. The van der Waals surface area contributed by atoms with Gasteiger partial charge in [0, 0.05) is 19.5 Å². The zero-order valence-electron chi connectivity index (χ0n) is 21.4. The molecule has 1 aliphatic carbocycles. The number of aliphatic hydroxyl groups is 2. The molecule has 4 rings (SSSR count). The van der Waals surface area contributed by atoms with Crippen molar-refractivity contribution in [3.8, 4) is 12.3 Å². The number of ether oxygens (including phenoxy) is 2. The van der Waals surface area contributed by atoms with Crippen LogP contribution in [0.15, 0.2) is 36.7 Å². The number of hydrogen-bond donors (Lipinski definition) is 4. The normalized spacial score (nSPS) is 15.8. The highest BCUT2D eigenvalue weighted by Gasteiger charge is 2.49. The van der Waals surface area contributed by atoms with Crippen LogP contribution in [0.3, 0.4) is 0 Å². The number of carbonyl (C=O) groups is 2. The molecule has 14 heteroatoms. The Morgan fingerprint density at radius 1 is 1.25 bits per heavy atom. The van der Waals surface area contributed by atoms with Crippen LogP contribution < -0.4 is 4.90 Å². The Hall–Kier alpha value is -3.80. The number of anilines is 1. The van der Waals surface area contributed by atoms with Gasteiger partial charge in [-0.3, -0.25) is 4.57 Å². The number of nitrogens with zero attached hydrogens (tertiary/aromatic N) is 5. The van der Waals surface area contributed by atoms with Gasteiger partial charge < -0.3 is 34.8 Å². The molecule has 0 radical (unpaired) electrons. The van der Waals surface area contributed by atoms with Gasteiger partial charge in [-0.1, -0.05) is 36.3 Å². The summed E-state index contributed by atoms with van der Waals surface area (Å²) in [6.07, 6.45) is 3.97. The highest BCUT2D eigenvalue weighted by atomic mass is 35.5. The van der Waals surface area contributed by atoms with E-state index in [1.54, 1.807) is 30.3 Å². The molecule has 40 heavy (non-hydrogen) atoms. The van der Waals surface area contributed by atoms with Gasteiger partial charge in [0.15, 0.2) is 29.3 Å². The maximum atomic E-state index is 12.1. The SMILES string of the molecule is C#C[C@@H](O)[C@@H](O[C@@H](CO)COC(Cc1ccccc1)(C(=O)O)C(=O)O)n1cnc2c(N(C)C3CC3)nc(Cl)nc21. The maximum Gasteiger partial charge on any atom is 0.348 e. The standard InChI is InChI=1S/C26H28ClN5O8/c1-3-18(34)22(32-14-28-19-20(31(2)16-9-10-16)29-25(27)30-21(19)32)40-17(12-33)13-39-26(23(35)36,24(37)38)11-15-7-5-4-6-8-15/h1,4-8,14,16-18,22,33-34H,9-13H2,2H3,(H,35,36)(H,37,38)/t17-,18+,22+/m0/s1. The monoisotopic (exact) mass is 573 g/mol. The lowest BCUT2D eigenvalue weighted by molar-refractivity contribution is -0.195. The number of hydrogen-bond acceptors (Lipinski definition) is 10. The maximum absolute atomic E-state index is 12.1. The van der Waals surface area contributed by atoms with Crippen LogP contribution in [0.4, 0.5) is 5.82 Å². The van der Waals surface area contributed by atoms with Crippen LogP contribution in [-0.2, 0) is 25.5 Å². The Labute approximate surface area is 234 Å². The predicted molar refractivity (Wildman–Crippen MR) is 142 cm³/mol. The molecule has 0 unspecified atom stereocenters. The fraction of sp³-hybridized carbons (Fsp3) is 0.423. The number of aliphatic carboxylic acids is 2. The average molecular weight is 574 g/mol. The molecule has 1 fully saturated rings. The third-order valence-electron chi connectivity index (χ3n) is 6.56. The minimum Gasteiger partial charge on any atom is -0.479 e. The van der Waals surface area contributed by atoms with E-state index in [0.717, 1.165) is 12.8 Å². The number of terminal acetylenes is 1. The first-order valence-corrected chi connectivity index (χ1v) is 12.7. The van der Waals surface area contributed by atoms with Crippen LogP contribution >= 0.6 is 11.6 Å². The molecule has 0 spiro atoms. The second-order valence-electron chi connectivity index (χ2n) is 9.34. The van der Waals surface area contributed by atoms with Crippen molar-refractivity contribution in [1.29, 1.82) is 0 Å². The first kappa shape index (κ1) is 29.2. The molecular formula is C26H28ClN5O8. The molecule has 1 aliphatic rings. The number of imidazole rings is 1. The van der Waals surface area contributed by atoms with Gasteiger partial charge >= 0.3 is 11.9 Å². The van der Waals surface area contributed by atoms with Crippen molar-refractivity contribution in [2.75, 3.05) is 25.2 Å². The zero-order valence-corrected chi connectivity index (χ0v) is 22.2. The molecule has 0 amide bonds. The van der Waals surface area contributed by atoms with E-state index in [1.807, 2.05) is 11.9 Å². The quantitative estimate of drug-likeness (QED) is 0.123. The Morgan fingerprint density at radius 3 is 2.50 bits per heavy atom. The van der Waals surface area contributed by atoms with Gasteiger partial charge in [0.2, 0.25) is 5.28 Å². The minimum atomic E-state index is -2.68.